The minimum atomic E-state index is 0.0582. The fraction of sp³-hybridized carbons (Fsp3) is 0.200. The van der Waals surface area contributed by atoms with Gasteiger partial charge in [0.25, 0.3) is 0 Å². The van der Waals surface area contributed by atoms with Crippen molar-refractivity contribution in [2.75, 3.05) is 12.4 Å². The summed E-state index contributed by atoms with van der Waals surface area (Å²) >= 11 is 1.52. The van der Waals surface area contributed by atoms with E-state index in [1.54, 1.807) is 18.5 Å². The largest absolute Gasteiger partial charge is 0.492 e. The second-order valence-electron chi connectivity index (χ2n) is 3.87. The van der Waals surface area contributed by atoms with Gasteiger partial charge >= 0.3 is 0 Å². The van der Waals surface area contributed by atoms with Crippen LogP contribution in [0.3, 0.4) is 0 Å². The van der Waals surface area contributed by atoms with E-state index in [0.717, 1.165) is 4.90 Å². The normalized spacial score (nSPS) is 10.2. The quantitative estimate of drug-likeness (QED) is 0.597. The Hall–Kier alpha value is -1.81. The summed E-state index contributed by atoms with van der Waals surface area (Å²) in [5, 5.41) is 0. The molecule has 0 fully saturated rings. The molecule has 0 radical (unpaired) electrons. The van der Waals surface area contributed by atoms with E-state index >= 15 is 0 Å². The number of carbonyl (C=O) groups is 1. The second-order valence-corrected chi connectivity index (χ2v) is 4.92. The molecule has 2 aromatic rings. The van der Waals surface area contributed by atoms with Gasteiger partial charge in [-0.1, -0.05) is 18.2 Å². The van der Waals surface area contributed by atoms with Crippen LogP contribution >= 0.6 is 11.8 Å². The summed E-state index contributed by atoms with van der Waals surface area (Å²) in [6.45, 7) is 2.47. The minimum absolute atomic E-state index is 0.0582. The van der Waals surface area contributed by atoms with E-state index in [1.165, 1.54) is 11.8 Å². The SMILES string of the molecule is CCOc1cncc(C(=O)CSc2ccccc2)c1. The second kappa shape index (κ2) is 6.95. The van der Waals surface area contributed by atoms with Gasteiger partial charge in [0.15, 0.2) is 5.78 Å². The van der Waals surface area contributed by atoms with E-state index in [2.05, 4.69) is 4.98 Å². The summed E-state index contributed by atoms with van der Waals surface area (Å²) in [7, 11) is 0. The van der Waals surface area contributed by atoms with Gasteiger partial charge in [-0.15, -0.1) is 11.8 Å². The molecule has 1 aromatic carbocycles. The fourth-order valence-corrected chi connectivity index (χ4v) is 2.38. The van der Waals surface area contributed by atoms with Crippen molar-refractivity contribution in [3.8, 4) is 5.75 Å². The molecule has 0 aliphatic rings. The Kier molecular flexibility index (Phi) is 4.98. The van der Waals surface area contributed by atoms with Gasteiger partial charge in [-0.25, -0.2) is 0 Å². The van der Waals surface area contributed by atoms with E-state index in [1.807, 2.05) is 37.3 Å². The third kappa shape index (κ3) is 4.10. The Labute approximate surface area is 117 Å². The molecule has 19 heavy (non-hydrogen) atoms. The Bertz CT molecular complexity index is 543. The molecule has 98 valence electrons. The molecular formula is C15H15NO2S. The zero-order valence-electron chi connectivity index (χ0n) is 10.7. The molecule has 0 saturated heterocycles. The van der Waals surface area contributed by atoms with Crippen LogP contribution in [0, 0.1) is 0 Å². The van der Waals surface area contributed by atoms with E-state index in [4.69, 9.17) is 4.74 Å². The number of Topliss-reactive ketones (excluding diaryl/α,β-unsaturated/α-hetero) is 1. The van der Waals surface area contributed by atoms with Crippen molar-refractivity contribution in [3.63, 3.8) is 0 Å². The Morgan fingerprint density at radius 1 is 1.26 bits per heavy atom. The molecule has 4 heteroatoms. The Morgan fingerprint density at radius 2 is 2.05 bits per heavy atom. The van der Waals surface area contributed by atoms with Gasteiger partial charge in [0, 0.05) is 16.7 Å². The van der Waals surface area contributed by atoms with Crippen LogP contribution in [-0.2, 0) is 0 Å². The highest BCUT2D eigenvalue weighted by Crippen LogP contribution is 2.19. The number of ketones is 1. The van der Waals surface area contributed by atoms with E-state index in [0.29, 0.717) is 23.7 Å². The minimum Gasteiger partial charge on any atom is -0.492 e. The first kappa shape index (κ1) is 13.6. The van der Waals surface area contributed by atoms with Gasteiger partial charge in [0.2, 0.25) is 0 Å². The molecule has 0 amide bonds. The van der Waals surface area contributed by atoms with Crippen molar-refractivity contribution in [2.24, 2.45) is 0 Å². The number of thioether (sulfide) groups is 1. The van der Waals surface area contributed by atoms with Crippen LogP contribution in [0.25, 0.3) is 0 Å². The molecule has 0 spiro atoms. The predicted molar refractivity (Wildman–Crippen MR) is 76.9 cm³/mol. The van der Waals surface area contributed by atoms with Crippen LogP contribution in [0.2, 0.25) is 0 Å². The lowest BCUT2D eigenvalue weighted by molar-refractivity contribution is 0.102. The van der Waals surface area contributed by atoms with Crippen molar-refractivity contribution in [1.82, 2.24) is 4.98 Å². The van der Waals surface area contributed by atoms with Crippen LogP contribution in [0.15, 0.2) is 53.7 Å². The van der Waals surface area contributed by atoms with Crippen molar-refractivity contribution in [2.45, 2.75) is 11.8 Å². The summed E-state index contributed by atoms with van der Waals surface area (Å²) in [6.07, 6.45) is 3.20. The third-order valence-electron chi connectivity index (χ3n) is 2.46. The molecule has 0 N–H and O–H groups in total. The monoisotopic (exact) mass is 273 g/mol. The van der Waals surface area contributed by atoms with Crippen molar-refractivity contribution in [1.29, 1.82) is 0 Å². The molecule has 3 nitrogen and oxygen atoms in total. The first-order valence-electron chi connectivity index (χ1n) is 6.08. The van der Waals surface area contributed by atoms with Gasteiger partial charge < -0.3 is 4.74 Å². The first-order valence-corrected chi connectivity index (χ1v) is 7.07. The maximum absolute atomic E-state index is 12.1. The number of ether oxygens (including phenoxy) is 1. The highest BCUT2D eigenvalue weighted by molar-refractivity contribution is 8.00. The molecule has 0 atom stereocenters. The van der Waals surface area contributed by atoms with Gasteiger partial charge in [0.1, 0.15) is 5.75 Å². The van der Waals surface area contributed by atoms with E-state index in [9.17, 15) is 4.79 Å². The summed E-state index contributed by atoms with van der Waals surface area (Å²) in [5.74, 6) is 1.10. The molecule has 0 aliphatic heterocycles. The van der Waals surface area contributed by atoms with Gasteiger partial charge in [0.05, 0.1) is 18.6 Å². The molecular weight excluding hydrogens is 258 g/mol. The van der Waals surface area contributed by atoms with E-state index < -0.39 is 0 Å². The number of carbonyl (C=O) groups excluding carboxylic acids is 1. The first-order chi connectivity index (χ1) is 9.29. The number of aromatic nitrogens is 1. The summed E-state index contributed by atoms with van der Waals surface area (Å²) in [5.41, 5.74) is 0.592. The van der Waals surface area contributed by atoms with Gasteiger partial charge in [-0.3, -0.25) is 9.78 Å². The highest BCUT2D eigenvalue weighted by Gasteiger charge is 2.08. The lowest BCUT2D eigenvalue weighted by Gasteiger charge is -2.05. The highest BCUT2D eigenvalue weighted by atomic mass is 32.2. The van der Waals surface area contributed by atoms with E-state index in [-0.39, 0.29) is 5.78 Å². The Balaban J connectivity index is 1.98. The maximum atomic E-state index is 12.1. The van der Waals surface area contributed by atoms with Crippen molar-refractivity contribution < 1.29 is 9.53 Å². The topological polar surface area (TPSA) is 39.2 Å². The smallest absolute Gasteiger partial charge is 0.174 e. The zero-order valence-corrected chi connectivity index (χ0v) is 11.5. The lowest BCUT2D eigenvalue weighted by Crippen LogP contribution is -2.04. The number of benzene rings is 1. The summed E-state index contributed by atoms with van der Waals surface area (Å²) in [4.78, 5) is 17.2. The van der Waals surface area contributed by atoms with Gasteiger partial charge in [-0.2, -0.15) is 0 Å². The number of rotatable bonds is 6. The zero-order chi connectivity index (χ0) is 13.5. The average molecular weight is 273 g/mol. The van der Waals surface area contributed by atoms with Crippen molar-refractivity contribution >= 4 is 17.5 Å². The molecule has 2 rings (SSSR count). The van der Waals surface area contributed by atoms with Crippen LogP contribution in [0.1, 0.15) is 17.3 Å². The molecule has 0 unspecified atom stereocenters. The lowest BCUT2D eigenvalue weighted by atomic mass is 10.2. The standard InChI is InChI=1S/C15H15NO2S/c1-2-18-13-8-12(9-16-10-13)15(17)11-19-14-6-4-3-5-7-14/h3-10H,2,11H2,1H3. The van der Waals surface area contributed by atoms with Crippen LogP contribution < -0.4 is 4.74 Å². The number of nitrogens with zero attached hydrogens (tertiary/aromatic N) is 1. The van der Waals surface area contributed by atoms with Crippen molar-refractivity contribution in [3.05, 3.63) is 54.4 Å². The number of hydrogen-bond donors (Lipinski definition) is 0. The fourth-order valence-electron chi connectivity index (χ4n) is 1.57. The average Bonchev–Trinajstić information content (AvgIpc) is 2.46. The van der Waals surface area contributed by atoms with Crippen LogP contribution in [0.5, 0.6) is 5.75 Å². The molecule has 1 heterocycles. The molecule has 1 aromatic heterocycles. The summed E-state index contributed by atoms with van der Waals surface area (Å²) in [6, 6.07) is 11.6. The molecule has 0 saturated carbocycles. The maximum Gasteiger partial charge on any atom is 0.174 e. The number of pyridine rings is 1. The molecule has 0 bridgehead atoms. The molecule has 0 aliphatic carbocycles. The summed E-state index contributed by atoms with van der Waals surface area (Å²) < 4.78 is 5.34. The number of hydrogen-bond acceptors (Lipinski definition) is 4. The third-order valence-corrected chi connectivity index (χ3v) is 3.47. The van der Waals surface area contributed by atoms with Gasteiger partial charge in [-0.05, 0) is 25.1 Å². The van der Waals surface area contributed by atoms with Crippen LogP contribution in [0.4, 0.5) is 0 Å². The Morgan fingerprint density at radius 3 is 2.79 bits per heavy atom. The van der Waals surface area contributed by atoms with Crippen LogP contribution in [-0.4, -0.2) is 23.1 Å². The predicted octanol–water partition coefficient (Wildman–Crippen LogP) is 3.46.